The summed E-state index contributed by atoms with van der Waals surface area (Å²) in [7, 11) is 0. The van der Waals surface area contributed by atoms with Gasteiger partial charge in [-0.25, -0.2) is 9.78 Å². The maximum absolute atomic E-state index is 12.9. The molecule has 0 radical (unpaired) electrons. The molecule has 1 aliphatic rings. The van der Waals surface area contributed by atoms with E-state index in [1.54, 1.807) is 42.2 Å². The van der Waals surface area contributed by atoms with Gasteiger partial charge in [0.1, 0.15) is 17.7 Å². The maximum Gasteiger partial charge on any atom is 0.328 e. The van der Waals surface area contributed by atoms with Crippen molar-refractivity contribution in [1.29, 1.82) is 5.41 Å². The molecule has 2 aromatic carbocycles. The number of ketones is 1. The van der Waals surface area contributed by atoms with E-state index in [0.29, 0.717) is 29.7 Å². The molecule has 0 aliphatic carbocycles. The number of para-hydroxylation sites is 1. The van der Waals surface area contributed by atoms with E-state index < -0.39 is 23.8 Å². The van der Waals surface area contributed by atoms with Crippen LogP contribution in [0.1, 0.15) is 48.0 Å². The van der Waals surface area contributed by atoms with Gasteiger partial charge >= 0.3 is 5.97 Å². The van der Waals surface area contributed by atoms with Crippen molar-refractivity contribution in [1.82, 2.24) is 10.3 Å². The van der Waals surface area contributed by atoms with Crippen LogP contribution in [0, 0.1) is 11.3 Å². The van der Waals surface area contributed by atoms with Crippen molar-refractivity contribution in [3.05, 3.63) is 59.1 Å². The second-order valence-electron chi connectivity index (χ2n) is 8.98. The lowest BCUT2D eigenvalue weighted by Gasteiger charge is -2.18. The fraction of sp³-hybridized carbons (Fsp3) is 0.333. The summed E-state index contributed by atoms with van der Waals surface area (Å²) in [5.74, 6) is -1.93. The van der Waals surface area contributed by atoms with Gasteiger partial charge in [-0.15, -0.1) is 11.3 Å². The molecule has 0 bridgehead atoms. The average molecular weight is 536 g/mol. The summed E-state index contributed by atoms with van der Waals surface area (Å²) in [6.45, 7) is 2.29. The number of esters is 1. The first-order chi connectivity index (χ1) is 18.3. The first-order valence-corrected chi connectivity index (χ1v) is 13.2. The molecular formula is C27H29N5O5S. The number of anilines is 1. The van der Waals surface area contributed by atoms with Gasteiger partial charge in [0.2, 0.25) is 5.91 Å². The number of ether oxygens (including phenoxy) is 1. The second-order valence-corrected chi connectivity index (χ2v) is 10.0. The lowest BCUT2D eigenvalue weighted by molar-refractivity contribution is -0.145. The summed E-state index contributed by atoms with van der Waals surface area (Å²) < 4.78 is 5.96. The van der Waals surface area contributed by atoms with E-state index in [2.05, 4.69) is 10.3 Å². The molecule has 0 spiro atoms. The third-order valence-electron chi connectivity index (χ3n) is 6.36. The molecule has 2 amide bonds. The zero-order chi connectivity index (χ0) is 27.2. The van der Waals surface area contributed by atoms with Gasteiger partial charge in [-0.2, -0.15) is 0 Å². The maximum atomic E-state index is 12.9. The summed E-state index contributed by atoms with van der Waals surface area (Å²) in [5, 5.41) is 10.4. The number of carbonyl (C=O) groups excluding carboxylic acids is 4. The largest absolute Gasteiger partial charge is 0.464 e. The number of fused-ring (bicyclic) bond motifs is 1. The number of nitrogens with zero attached hydrogens (tertiary/aromatic N) is 2. The number of rotatable bonds is 11. The molecular weight excluding hydrogens is 506 g/mol. The number of amides is 2. The molecule has 2 atom stereocenters. The molecule has 1 fully saturated rings. The Hall–Kier alpha value is -4.12. The number of benzene rings is 2. The first kappa shape index (κ1) is 26.9. The highest BCUT2D eigenvalue weighted by molar-refractivity contribution is 7.20. The molecule has 1 saturated heterocycles. The van der Waals surface area contributed by atoms with Crippen molar-refractivity contribution in [2.75, 3.05) is 18.1 Å². The molecule has 1 aromatic heterocycles. The lowest BCUT2D eigenvalue weighted by atomic mass is 9.97. The van der Waals surface area contributed by atoms with E-state index in [1.165, 1.54) is 11.3 Å². The summed E-state index contributed by atoms with van der Waals surface area (Å²) in [6, 6.07) is 13.2. The number of hydrogen-bond donors (Lipinski definition) is 3. The number of nitrogen functional groups attached to an aromatic ring is 1. The zero-order valence-electron chi connectivity index (χ0n) is 20.9. The number of nitrogens with one attached hydrogen (secondary N) is 2. The van der Waals surface area contributed by atoms with Crippen LogP contribution in [-0.4, -0.2) is 53.6 Å². The minimum Gasteiger partial charge on any atom is -0.464 e. The molecule has 3 aromatic rings. The highest BCUT2D eigenvalue weighted by atomic mass is 32.1. The minimum atomic E-state index is -1.01. The normalized spacial score (nSPS) is 15.9. The van der Waals surface area contributed by atoms with E-state index >= 15 is 0 Å². The number of Topliss-reactive ketones (excluding diaryl/α,β-unsaturated/α-hetero) is 1. The monoisotopic (exact) mass is 535 g/mol. The highest BCUT2D eigenvalue weighted by Crippen LogP contribution is 2.28. The average Bonchev–Trinajstić information content (AvgIpc) is 3.50. The standard InChI is InChI=1S/C27H29N5O5S/c1-2-37-27(36)21(30-24(34)25-31-20-5-3-4-6-22(20)38-25)12-11-19(33)15-17-13-14-32(26(17)35)18-9-7-16(8-10-18)23(28)29/h3-10,17,21H,2,11-15H2,1H3,(H3,28,29)(H,30,34)/t17?,21-/m0/s1. The number of carbonyl (C=O) groups is 4. The van der Waals surface area contributed by atoms with Crippen molar-refractivity contribution in [2.24, 2.45) is 11.7 Å². The van der Waals surface area contributed by atoms with Crippen molar-refractivity contribution in [3.8, 4) is 0 Å². The number of amidine groups is 1. The number of aromatic nitrogens is 1. The molecule has 10 nitrogen and oxygen atoms in total. The second kappa shape index (κ2) is 12.0. The molecule has 1 aliphatic heterocycles. The Kier molecular flexibility index (Phi) is 8.47. The van der Waals surface area contributed by atoms with Crippen molar-refractivity contribution < 1.29 is 23.9 Å². The van der Waals surface area contributed by atoms with Crippen LogP contribution in [0.15, 0.2) is 48.5 Å². The summed E-state index contributed by atoms with van der Waals surface area (Å²) in [5.41, 5.74) is 7.44. The number of nitrogens with two attached hydrogens (primary N) is 1. The van der Waals surface area contributed by atoms with E-state index in [4.69, 9.17) is 15.9 Å². The molecule has 4 rings (SSSR count). The van der Waals surface area contributed by atoms with Crippen molar-refractivity contribution in [3.63, 3.8) is 0 Å². The van der Waals surface area contributed by atoms with Crippen LogP contribution >= 0.6 is 11.3 Å². The van der Waals surface area contributed by atoms with Gasteiger partial charge in [0.25, 0.3) is 5.91 Å². The van der Waals surface area contributed by atoms with Gasteiger partial charge in [-0.05, 0) is 56.2 Å². The molecule has 38 heavy (non-hydrogen) atoms. The van der Waals surface area contributed by atoms with Crippen LogP contribution in [0.2, 0.25) is 0 Å². The van der Waals surface area contributed by atoms with Gasteiger partial charge in [0.05, 0.1) is 16.8 Å². The van der Waals surface area contributed by atoms with Crippen LogP contribution in [0.5, 0.6) is 0 Å². The van der Waals surface area contributed by atoms with Crippen LogP contribution in [0.25, 0.3) is 10.2 Å². The van der Waals surface area contributed by atoms with Gasteiger partial charge in [-0.3, -0.25) is 19.8 Å². The number of thiazole rings is 1. The molecule has 2 heterocycles. The van der Waals surface area contributed by atoms with Gasteiger partial charge in [0, 0.05) is 36.6 Å². The Bertz CT molecular complexity index is 1340. The predicted octanol–water partition coefficient (Wildman–Crippen LogP) is 3.03. The summed E-state index contributed by atoms with van der Waals surface area (Å²) in [4.78, 5) is 57.0. The van der Waals surface area contributed by atoms with Gasteiger partial charge in [-0.1, -0.05) is 12.1 Å². The van der Waals surface area contributed by atoms with Crippen LogP contribution in [0.3, 0.4) is 0 Å². The highest BCUT2D eigenvalue weighted by Gasteiger charge is 2.34. The lowest BCUT2D eigenvalue weighted by Crippen LogP contribution is -2.42. The van der Waals surface area contributed by atoms with Gasteiger partial charge in [0.15, 0.2) is 5.01 Å². The van der Waals surface area contributed by atoms with Crippen LogP contribution in [-0.2, 0) is 19.1 Å². The Labute approximate surface area is 223 Å². The Morgan fingerprint density at radius 3 is 2.63 bits per heavy atom. The Morgan fingerprint density at radius 1 is 1.21 bits per heavy atom. The third-order valence-corrected chi connectivity index (χ3v) is 7.39. The van der Waals surface area contributed by atoms with Crippen LogP contribution in [0.4, 0.5) is 5.69 Å². The fourth-order valence-electron chi connectivity index (χ4n) is 4.37. The van der Waals surface area contributed by atoms with Crippen molar-refractivity contribution >= 4 is 56.6 Å². The summed E-state index contributed by atoms with van der Waals surface area (Å²) in [6.07, 6.45) is 0.670. The molecule has 11 heteroatoms. The molecule has 1 unspecified atom stereocenters. The van der Waals surface area contributed by atoms with Crippen molar-refractivity contribution in [2.45, 2.75) is 38.6 Å². The smallest absolute Gasteiger partial charge is 0.328 e. The quantitative estimate of drug-likeness (QED) is 0.194. The Balaban J connectivity index is 1.34. The molecule has 4 N–H and O–H groups in total. The fourth-order valence-corrected chi connectivity index (χ4v) is 5.24. The van der Waals surface area contributed by atoms with Crippen LogP contribution < -0.4 is 16.0 Å². The third kappa shape index (κ3) is 6.23. The van der Waals surface area contributed by atoms with E-state index in [0.717, 1.165) is 4.70 Å². The van der Waals surface area contributed by atoms with E-state index in [-0.39, 0.29) is 48.4 Å². The first-order valence-electron chi connectivity index (χ1n) is 12.4. The topological polar surface area (TPSA) is 156 Å². The Morgan fingerprint density at radius 2 is 1.95 bits per heavy atom. The molecule has 0 saturated carbocycles. The number of hydrogen-bond acceptors (Lipinski definition) is 8. The SMILES string of the molecule is CCOC(=O)[C@H](CCC(=O)CC1CCN(c2ccc(C(=N)N)cc2)C1=O)NC(=O)c1nc2ccccc2s1. The molecule has 198 valence electrons. The van der Waals surface area contributed by atoms with E-state index in [1.807, 2.05) is 18.2 Å². The van der Waals surface area contributed by atoms with Gasteiger partial charge < -0.3 is 20.7 Å². The summed E-state index contributed by atoms with van der Waals surface area (Å²) >= 11 is 1.22. The van der Waals surface area contributed by atoms with E-state index in [9.17, 15) is 19.2 Å². The zero-order valence-corrected chi connectivity index (χ0v) is 21.8. The predicted molar refractivity (Wildman–Crippen MR) is 144 cm³/mol. The minimum absolute atomic E-state index is 0.0146.